The fourth-order valence-corrected chi connectivity index (χ4v) is 0.852. The Hall–Kier alpha value is -0.890. The van der Waals surface area contributed by atoms with Crippen molar-refractivity contribution >= 4 is 0 Å². The molecule has 11 heavy (non-hydrogen) atoms. The van der Waals surface area contributed by atoms with E-state index in [1.807, 2.05) is 0 Å². The quantitative estimate of drug-likeness (QED) is 0.689. The lowest BCUT2D eigenvalue weighted by Gasteiger charge is -2.06. The lowest BCUT2D eigenvalue weighted by atomic mass is 10.1. The Balaban J connectivity index is 2.81. The van der Waals surface area contributed by atoms with Crippen molar-refractivity contribution in [3.63, 3.8) is 0 Å². The fraction of sp³-hybridized carbons (Fsp3) is 0.222. The van der Waals surface area contributed by atoms with Gasteiger partial charge >= 0.3 is 0 Å². The number of rotatable bonds is 2. The van der Waals surface area contributed by atoms with Gasteiger partial charge in [0.05, 0.1) is 6.10 Å². The minimum Gasteiger partial charge on any atom is -0.388 e. The van der Waals surface area contributed by atoms with Crippen molar-refractivity contribution < 1.29 is 9.50 Å². The molecule has 0 aliphatic rings. The molecule has 0 saturated heterocycles. The van der Waals surface area contributed by atoms with Crippen LogP contribution in [-0.4, -0.2) is 5.11 Å². The number of aliphatic hydroxyl groups is 1. The van der Waals surface area contributed by atoms with Crippen LogP contribution in [0.15, 0.2) is 24.3 Å². The molecule has 1 atom stereocenters. The zero-order valence-electron chi connectivity index (χ0n) is 6.13. The molecule has 0 bridgehead atoms. The van der Waals surface area contributed by atoms with Crippen molar-refractivity contribution in [1.29, 1.82) is 0 Å². The summed E-state index contributed by atoms with van der Waals surface area (Å²) in [5, 5.41) is 9.24. The molecule has 1 rings (SSSR count). The van der Waals surface area contributed by atoms with Gasteiger partial charge in [0.25, 0.3) is 0 Å². The zero-order chi connectivity index (χ0) is 8.27. The lowest BCUT2D eigenvalue weighted by molar-refractivity contribution is 0.180. The molecule has 1 unspecified atom stereocenters. The summed E-state index contributed by atoms with van der Waals surface area (Å²) >= 11 is 0. The lowest BCUT2D eigenvalue weighted by Crippen LogP contribution is -1.94. The summed E-state index contributed by atoms with van der Waals surface area (Å²) in [6, 6.07) is 5.78. The smallest absolute Gasteiger partial charge is 0.123 e. The first kappa shape index (κ1) is 8.21. The van der Waals surface area contributed by atoms with E-state index in [2.05, 4.69) is 6.92 Å². The van der Waals surface area contributed by atoms with Gasteiger partial charge in [-0.05, 0) is 24.1 Å². The van der Waals surface area contributed by atoms with Gasteiger partial charge in [-0.15, -0.1) is 0 Å². The first-order valence-electron chi connectivity index (χ1n) is 3.47. The molecule has 59 valence electrons. The van der Waals surface area contributed by atoms with E-state index in [-0.39, 0.29) is 5.82 Å². The molecule has 0 aromatic heterocycles. The van der Waals surface area contributed by atoms with Crippen LogP contribution in [0, 0.1) is 12.7 Å². The number of hydrogen-bond donors (Lipinski definition) is 1. The van der Waals surface area contributed by atoms with Crippen LogP contribution in [0.2, 0.25) is 0 Å². The van der Waals surface area contributed by atoms with E-state index in [0.717, 1.165) is 0 Å². The normalized spacial score (nSPS) is 13.0. The molecule has 0 fully saturated rings. The molecular formula is C9H10FO. The molecule has 1 radical (unpaired) electrons. The summed E-state index contributed by atoms with van der Waals surface area (Å²) in [5.41, 5.74) is 0.710. The minimum absolute atomic E-state index is 0.287. The van der Waals surface area contributed by atoms with E-state index in [4.69, 9.17) is 0 Å². The zero-order valence-corrected chi connectivity index (χ0v) is 6.13. The first-order chi connectivity index (χ1) is 5.24. The molecule has 0 spiro atoms. The molecule has 1 nitrogen and oxygen atoms in total. The monoisotopic (exact) mass is 153 g/mol. The van der Waals surface area contributed by atoms with E-state index in [0.29, 0.717) is 12.0 Å². The van der Waals surface area contributed by atoms with Crippen molar-refractivity contribution in [2.24, 2.45) is 0 Å². The molecule has 1 aromatic rings. The van der Waals surface area contributed by atoms with Crippen LogP contribution in [0.1, 0.15) is 18.1 Å². The second-order valence-corrected chi connectivity index (χ2v) is 2.36. The van der Waals surface area contributed by atoms with Crippen LogP contribution >= 0.6 is 0 Å². The van der Waals surface area contributed by atoms with Crippen molar-refractivity contribution in [2.45, 2.75) is 12.5 Å². The topological polar surface area (TPSA) is 20.2 Å². The van der Waals surface area contributed by atoms with Gasteiger partial charge in [0.1, 0.15) is 5.82 Å². The van der Waals surface area contributed by atoms with E-state index in [1.165, 1.54) is 12.1 Å². The molecule has 0 aliphatic heterocycles. The van der Waals surface area contributed by atoms with Crippen LogP contribution in [-0.2, 0) is 0 Å². The molecule has 0 saturated carbocycles. The highest BCUT2D eigenvalue weighted by atomic mass is 19.1. The van der Waals surface area contributed by atoms with Gasteiger partial charge in [0, 0.05) is 0 Å². The fourth-order valence-electron chi connectivity index (χ4n) is 0.852. The maximum atomic E-state index is 12.4. The second-order valence-electron chi connectivity index (χ2n) is 2.36. The van der Waals surface area contributed by atoms with Gasteiger partial charge in [0.15, 0.2) is 0 Å². The third-order valence-corrected chi connectivity index (χ3v) is 1.53. The molecule has 0 amide bonds. The van der Waals surface area contributed by atoms with Gasteiger partial charge in [-0.3, -0.25) is 0 Å². The van der Waals surface area contributed by atoms with Crippen molar-refractivity contribution in [3.05, 3.63) is 42.6 Å². The Morgan fingerprint density at radius 1 is 1.36 bits per heavy atom. The minimum atomic E-state index is -0.574. The van der Waals surface area contributed by atoms with Crippen LogP contribution in [0.5, 0.6) is 0 Å². The van der Waals surface area contributed by atoms with Crippen LogP contribution in [0.4, 0.5) is 4.39 Å². The highest BCUT2D eigenvalue weighted by Gasteiger charge is 2.02. The second kappa shape index (κ2) is 3.49. The highest BCUT2D eigenvalue weighted by Crippen LogP contribution is 2.15. The highest BCUT2D eigenvalue weighted by molar-refractivity contribution is 5.18. The summed E-state index contributed by atoms with van der Waals surface area (Å²) in [6.45, 7) is 3.54. The SMILES string of the molecule is [CH2]CC(O)c1ccc(F)cc1. The van der Waals surface area contributed by atoms with Crippen molar-refractivity contribution in [1.82, 2.24) is 0 Å². The summed E-state index contributed by atoms with van der Waals surface area (Å²) in [5.74, 6) is -0.287. The number of aliphatic hydroxyl groups excluding tert-OH is 1. The first-order valence-corrected chi connectivity index (χ1v) is 3.47. The maximum absolute atomic E-state index is 12.4. The van der Waals surface area contributed by atoms with Crippen LogP contribution in [0.25, 0.3) is 0 Å². The van der Waals surface area contributed by atoms with E-state index in [9.17, 15) is 9.50 Å². The average Bonchev–Trinajstić information content (AvgIpc) is 2.05. The largest absolute Gasteiger partial charge is 0.388 e. The van der Waals surface area contributed by atoms with E-state index < -0.39 is 6.10 Å². The standard InChI is InChI=1S/C9H10FO/c1-2-9(11)7-3-5-8(10)6-4-7/h3-6,9,11H,1-2H2. The van der Waals surface area contributed by atoms with Crippen LogP contribution < -0.4 is 0 Å². The van der Waals surface area contributed by atoms with Gasteiger partial charge in [-0.1, -0.05) is 19.1 Å². The third kappa shape index (κ3) is 2.02. The van der Waals surface area contributed by atoms with Gasteiger partial charge < -0.3 is 5.11 Å². The van der Waals surface area contributed by atoms with Crippen LogP contribution in [0.3, 0.4) is 0 Å². The Morgan fingerprint density at radius 2 is 1.91 bits per heavy atom. The molecular weight excluding hydrogens is 143 g/mol. The Kier molecular flexibility index (Phi) is 2.60. The van der Waals surface area contributed by atoms with E-state index >= 15 is 0 Å². The molecule has 1 N–H and O–H groups in total. The molecule has 0 heterocycles. The van der Waals surface area contributed by atoms with E-state index in [1.54, 1.807) is 12.1 Å². The Morgan fingerprint density at radius 3 is 2.36 bits per heavy atom. The molecule has 0 aliphatic carbocycles. The predicted molar refractivity (Wildman–Crippen MR) is 41.3 cm³/mol. The maximum Gasteiger partial charge on any atom is 0.123 e. The summed E-state index contributed by atoms with van der Waals surface area (Å²) in [4.78, 5) is 0. The van der Waals surface area contributed by atoms with Gasteiger partial charge in [0.2, 0.25) is 0 Å². The van der Waals surface area contributed by atoms with Crippen molar-refractivity contribution in [3.8, 4) is 0 Å². The number of benzene rings is 1. The van der Waals surface area contributed by atoms with Gasteiger partial charge in [-0.25, -0.2) is 4.39 Å². The summed E-state index contributed by atoms with van der Waals surface area (Å²) in [6.07, 6.45) is -0.165. The molecule has 1 aromatic carbocycles. The molecule has 2 heteroatoms. The number of halogens is 1. The average molecular weight is 153 g/mol. The predicted octanol–water partition coefficient (Wildman–Crippen LogP) is 2.08. The third-order valence-electron chi connectivity index (χ3n) is 1.53. The Labute approximate surface area is 65.5 Å². The summed E-state index contributed by atoms with van der Waals surface area (Å²) in [7, 11) is 0. The van der Waals surface area contributed by atoms with Crippen molar-refractivity contribution in [2.75, 3.05) is 0 Å². The van der Waals surface area contributed by atoms with Gasteiger partial charge in [-0.2, -0.15) is 0 Å². The number of hydrogen-bond acceptors (Lipinski definition) is 1. The summed E-state index contributed by atoms with van der Waals surface area (Å²) < 4.78 is 12.4. The Bertz CT molecular complexity index is 218.